The van der Waals surface area contributed by atoms with E-state index in [1.807, 2.05) is 0 Å². The first-order valence-electron chi connectivity index (χ1n) is 6.38. The van der Waals surface area contributed by atoms with Gasteiger partial charge in [-0.15, -0.1) is 0 Å². The Kier molecular flexibility index (Phi) is 4.46. The van der Waals surface area contributed by atoms with Crippen LogP contribution in [0.4, 0.5) is 5.69 Å². The lowest BCUT2D eigenvalue weighted by atomic mass is 10.1. The molecule has 6 heteroatoms. The second-order valence-electron chi connectivity index (χ2n) is 4.71. The molecule has 0 saturated carbocycles. The largest absolute Gasteiger partial charge is 0.352 e. The summed E-state index contributed by atoms with van der Waals surface area (Å²) in [4.78, 5) is 21.9. The first-order valence-corrected chi connectivity index (χ1v) is 6.38. The molecule has 0 spiro atoms. The fraction of sp³-hybridized carbons (Fsp3) is 0.462. The Balaban J connectivity index is 1.85. The van der Waals surface area contributed by atoms with Gasteiger partial charge in [0.25, 0.3) is 5.69 Å². The highest BCUT2D eigenvalue weighted by Crippen LogP contribution is 2.12. The summed E-state index contributed by atoms with van der Waals surface area (Å²) >= 11 is 0. The number of nitrogens with zero attached hydrogens (tertiary/aromatic N) is 1. The van der Waals surface area contributed by atoms with Crippen LogP contribution in [0.2, 0.25) is 0 Å². The van der Waals surface area contributed by atoms with E-state index in [1.165, 1.54) is 12.1 Å². The molecule has 0 unspecified atom stereocenters. The van der Waals surface area contributed by atoms with Gasteiger partial charge in [0.15, 0.2) is 0 Å². The number of non-ortho nitro benzene ring substituents is 1. The second-order valence-corrected chi connectivity index (χ2v) is 4.71. The van der Waals surface area contributed by atoms with Gasteiger partial charge in [-0.25, -0.2) is 0 Å². The first-order chi connectivity index (χ1) is 9.15. The number of hydrogen-bond donors (Lipinski definition) is 2. The number of rotatable bonds is 4. The Morgan fingerprint density at radius 1 is 1.42 bits per heavy atom. The standard InChI is InChI=1S/C13H17N3O3/c17-13(15-11-2-1-7-14-9-11)8-10-3-5-12(6-4-10)16(18)19/h3-6,11,14H,1-2,7-9H2,(H,15,17)/t11-/m0/s1. The van der Waals surface area contributed by atoms with Crippen molar-refractivity contribution < 1.29 is 9.72 Å². The fourth-order valence-electron chi connectivity index (χ4n) is 2.17. The van der Waals surface area contributed by atoms with Crippen LogP contribution in [-0.4, -0.2) is 30.0 Å². The quantitative estimate of drug-likeness (QED) is 0.627. The minimum atomic E-state index is -0.447. The monoisotopic (exact) mass is 263 g/mol. The normalized spacial score (nSPS) is 18.8. The van der Waals surface area contributed by atoms with E-state index in [0.29, 0.717) is 0 Å². The Morgan fingerprint density at radius 3 is 2.74 bits per heavy atom. The number of carbonyl (C=O) groups excluding carboxylic acids is 1. The molecule has 6 nitrogen and oxygen atoms in total. The summed E-state index contributed by atoms with van der Waals surface area (Å²) in [5, 5.41) is 16.7. The fourth-order valence-corrected chi connectivity index (χ4v) is 2.17. The van der Waals surface area contributed by atoms with Crippen LogP contribution in [0.5, 0.6) is 0 Å². The van der Waals surface area contributed by atoms with E-state index in [4.69, 9.17) is 0 Å². The molecule has 19 heavy (non-hydrogen) atoms. The van der Waals surface area contributed by atoms with Crippen LogP contribution in [0.15, 0.2) is 24.3 Å². The highest BCUT2D eigenvalue weighted by molar-refractivity contribution is 5.79. The third kappa shape index (κ3) is 4.03. The molecular formula is C13H17N3O3. The van der Waals surface area contributed by atoms with Crippen LogP contribution in [0.3, 0.4) is 0 Å². The molecule has 0 radical (unpaired) electrons. The summed E-state index contributed by atoms with van der Waals surface area (Å²) in [5.74, 6) is -0.0393. The third-order valence-electron chi connectivity index (χ3n) is 3.17. The van der Waals surface area contributed by atoms with Crippen LogP contribution >= 0.6 is 0 Å². The van der Waals surface area contributed by atoms with Gasteiger partial charge in [0, 0.05) is 24.7 Å². The maximum absolute atomic E-state index is 11.8. The average Bonchev–Trinajstić information content (AvgIpc) is 2.40. The summed E-state index contributed by atoms with van der Waals surface area (Å²) in [6.07, 6.45) is 2.33. The first kappa shape index (κ1) is 13.5. The predicted octanol–water partition coefficient (Wildman–Crippen LogP) is 1.01. The maximum atomic E-state index is 11.8. The number of carbonyl (C=O) groups is 1. The SMILES string of the molecule is O=C(Cc1ccc([N+](=O)[O-])cc1)N[C@H]1CCCNC1. The van der Waals surface area contributed by atoms with Gasteiger partial charge in [0.05, 0.1) is 11.3 Å². The van der Waals surface area contributed by atoms with E-state index in [1.54, 1.807) is 12.1 Å². The smallest absolute Gasteiger partial charge is 0.269 e. The summed E-state index contributed by atoms with van der Waals surface area (Å²) in [7, 11) is 0. The zero-order chi connectivity index (χ0) is 13.7. The van der Waals surface area contributed by atoms with Crippen LogP contribution in [0.25, 0.3) is 0 Å². The Hall–Kier alpha value is -1.95. The minimum absolute atomic E-state index is 0.0393. The summed E-state index contributed by atoms with van der Waals surface area (Å²) in [5.41, 5.74) is 0.826. The number of benzene rings is 1. The van der Waals surface area contributed by atoms with Crippen molar-refractivity contribution in [3.05, 3.63) is 39.9 Å². The summed E-state index contributed by atoms with van der Waals surface area (Å²) in [6, 6.07) is 6.28. The van der Waals surface area contributed by atoms with Crippen molar-refractivity contribution in [2.24, 2.45) is 0 Å². The predicted molar refractivity (Wildman–Crippen MR) is 70.8 cm³/mol. The lowest BCUT2D eigenvalue weighted by molar-refractivity contribution is -0.384. The molecule has 102 valence electrons. The molecule has 1 amide bonds. The van der Waals surface area contributed by atoms with E-state index in [2.05, 4.69) is 10.6 Å². The number of nitro groups is 1. The average molecular weight is 263 g/mol. The van der Waals surface area contributed by atoms with Gasteiger partial charge in [-0.3, -0.25) is 14.9 Å². The van der Waals surface area contributed by atoms with Gasteiger partial charge < -0.3 is 10.6 Å². The second kappa shape index (κ2) is 6.29. The molecule has 1 fully saturated rings. The van der Waals surface area contributed by atoms with Crippen molar-refractivity contribution in [3.8, 4) is 0 Å². The highest BCUT2D eigenvalue weighted by atomic mass is 16.6. The molecular weight excluding hydrogens is 246 g/mol. The lowest BCUT2D eigenvalue weighted by Gasteiger charge is -2.23. The van der Waals surface area contributed by atoms with Crippen LogP contribution in [-0.2, 0) is 11.2 Å². The van der Waals surface area contributed by atoms with Crippen molar-refractivity contribution >= 4 is 11.6 Å². The third-order valence-corrected chi connectivity index (χ3v) is 3.17. The Morgan fingerprint density at radius 2 is 2.16 bits per heavy atom. The van der Waals surface area contributed by atoms with Gasteiger partial charge in [-0.2, -0.15) is 0 Å². The van der Waals surface area contributed by atoms with Crippen molar-refractivity contribution in [1.82, 2.24) is 10.6 Å². The van der Waals surface area contributed by atoms with Crippen molar-refractivity contribution in [2.45, 2.75) is 25.3 Å². The number of hydrogen-bond acceptors (Lipinski definition) is 4. The van der Waals surface area contributed by atoms with Crippen LogP contribution in [0.1, 0.15) is 18.4 Å². The summed E-state index contributed by atoms with van der Waals surface area (Å²) < 4.78 is 0. The Labute approximate surface area is 111 Å². The highest BCUT2D eigenvalue weighted by Gasteiger charge is 2.15. The van der Waals surface area contributed by atoms with Gasteiger partial charge in [-0.1, -0.05) is 12.1 Å². The molecule has 2 rings (SSSR count). The van der Waals surface area contributed by atoms with Crippen molar-refractivity contribution in [2.75, 3.05) is 13.1 Å². The van der Waals surface area contributed by atoms with E-state index < -0.39 is 4.92 Å². The molecule has 1 atom stereocenters. The molecule has 1 saturated heterocycles. The van der Waals surface area contributed by atoms with E-state index in [-0.39, 0.29) is 24.1 Å². The minimum Gasteiger partial charge on any atom is -0.352 e. The zero-order valence-electron chi connectivity index (χ0n) is 10.6. The Bertz CT molecular complexity index is 453. The number of nitro benzene ring substituents is 1. The van der Waals surface area contributed by atoms with E-state index in [0.717, 1.165) is 31.5 Å². The number of piperidine rings is 1. The molecule has 1 heterocycles. The van der Waals surface area contributed by atoms with E-state index in [9.17, 15) is 14.9 Å². The molecule has 1 aliphatic rings. The molecule has 2 N–H and O–H groups in total. The van der Waals surface area contributed by atoms with Crippen LogP contribution < -0.4 is 10.6 Å². The molecule has 0 aliphatic carbocycles. The van der Waals surface area contributed by atoms with Crippen LogP contribution in [0, 0.1) is 10.1 Å². The molecule has 1 aliphatic heterocycles. The molecule has 1 aromatic rings. The molecule has 0 aromatic heterocycles. The summed E-state index contributed by atoms with van der Waals surface area (Å²) in [6.45, 7) is 1.82. The lowest BCUT2D eigenvalue weighted by Crippen LogP contribution is -2.46. The molecule has 0 bridgehead atoms. The maximum Gasteiger partial charge on any atom is 0.269 e. The van der Waals surface area contributed by atoms with E-state index >= 15 is 0 Å². The number of amides is 1. The van der Waals surface area contributed by atoms with Gasteiger partial charge in [0.2, 0.25) is 5.91 Å². The zero-order valence-corrected chi connectivity index (χ0v) is 10.6. The molecule has 1 aromatic carbocycles. The number of nitrogens with one attached hydrogen (secondary N) is 2. The van der Waals surface area contributed by atoms with Gasteiger partial charge >= 0.3 is 0 Å². The van der Waals surface area contributed by atoms with Gasteiger partial charge in [0.1, 0.15) is 0 Å². The van der Waals surface area contributed by atoms with Gasteiger partial charge in [-0.05, 0) is 24.9 Å². The topological polar surface area (TPSA) is 84.3 Å². The van der Waals surface area contributed by atoms with Crippen molar-refractivity contribution in [1.29, 1.82) is 0 Å². The van der Waals surface area contributed by atoms with Crippen molar-refractivity contribution in [3.63, 3.8) is 0 Å².